The van der Waals surface area contributed by atoms with E-state index >= 15 is 0 Å². The van der Waals surface area contributed by atoms with Gasteiger partial charge >= 0.3 is 0 Å². The van der Waals surface area contributed by atoms with E-state index in [1.54, 1.807) is 0 Å². The fourth-order valence-corrected chi connectivity index (χ4v) is 4.34. The number of nitrogens with one attached hydrogen (secondary N) is 1. The molecule has 2 heterocycles. The van der Waals surface area contributed by atoms with E-state index in [-0.39, 0.29) is 5.91 Å². The molecule has 0 spiro atoms. The number of hydrogen-bond donors (Lipinski definition) is 1. The summed E-state index contributed by atoms with van der Waals surface area (Å²) < 4.78 is 0. The first-order valence-electron chi connectivity index (χ1n) is 9.26. The van der Waals surface area contributed by atoms with Gasteiger partial charge < -0.3 is 9.88 Å². The molecular weight excluding hydrogens is 298 g/mol. The fourth-order valence-electron chi connectivity index (χ4n) is 4.34. The van der Waals surface area contributed by atoms with E-state index in [0.29, 0.717) is 0 Å². The van der Waals surface area contributed by atoms with E-state index in [0.717, 1.165) is 43.3 Å². The highest BCUT2D eigenvalue weighted by Crippen LogP contribution is 2.26. The maximum atomic E-state index is 12.9. The second-order valence-electron chi connectivity index (χ2n) is 7.40. The summed E-state index contributed by atoms with van der Waals surface area (Å²) in [6, 6.07) is 6.82. The molecule has 1 aliphatic heterocycles. The molecule has 0 bridgehead atoms. The minimum Gasteiger partial charge on any atom is -0.358 e. The van der Waals surface area contributed by atoms with Crippen LogP contribution >= 0.6 is 0 Å². The predicted octanol–water partition coefficient (Wildman–Crippen LogP) is 3.49. The lowest BCUT2D eigenvalue weighted by atomic mass is 10.1. The van der Waals surface area contributed by atoms with Crippen LogP contribution in [0.5, 0.6) is 0 Å². The van der Waals surface area contributed by atoms with Gasteiger partial charge in [0.2, 0.25) is 0 Å². The summed E-state index contributed by atoms with van der Waals surface area (Å²) in [7, 11) is 0. The molecule has 1 saturated carbocycles. The smallest absolute Gasteiger partial charge is 0.253 e. The first-order valence-corrected chi connectivity index (χ1v) is 9.26. The number of H-pyrrole nitrogens is 1. The summed E-state index contributed by atoms with van der Waals surface area (Å²) in [4.78, 5) is 20.9. The molecular formula is C20H27N3O. The molecule has 1 aromatic heterocycles. The van der Waals surface area contributed by atoms with Crippen molar-refractivity contribution >= 4 is 16.8 Å². The Morgan fingerprint density at radius 3 is 2.50 bits per heavy atom. The third-order valence-electron chi connectivity index (χ3n) is 6.00. The van der Waals surface area contributed by atoms with Gasteiger partial charge in [-0.3, -0.25) is 9.69 Å². The first kappa shape index (κ1) is 15.7. The van der Waals surface area contributed by atoms with Crippen molar-refractivity contribution in [2.75, 3.05) is 26.2 Å². The van der Waals surface area contributed by atoms with E-state index in [2.05, 4.69) is 29.8 Å². The van der Waals surface area contributed by atoms with E-state index in [4.69, 9.17) is 0 Å². The molecule has 2 fully saturated rings. The molecule has 24 heavy (non-hydrogen) atoms. The van der Waals surface area contributed by atoms with Crippen LogP contribution in [0.1, 0.15) is 47.3 Å². The molecule has 4 nitrogen and oxygen atoms in total. The van der Waals surface area contributed by atoms with E-state index in [1.165, 1.54) is 42.3 Å². The van der Waals surface area contributed by atoms with Crippen LogP contribution in [0.4, 0.5) is 0 Å². The van der Waals surface area contributed by atoms with Crippen molar-refractivity contribution in [2.24, 2.45) is 0 Å². The van der Waals surface area contributed by atoms with Crippen molar-refractivity contribution in [3.05, 3.63) is 35.0 Å². The number of aryl methyl sites for hydroxylation is 2. The van der Waals surface area contributed by atoms with Gasteiger partial charge in [0.15, 0.2) is 0 Å². The van der Waals surface area contributed by atoms with Gasteiger partial charge in [-0.15, -0.1) is 0 Å². The third-order valence-corrected chi connectivity index (χ3v) is 6.00. The molecule has 4 heteroatoms. The molecule has 0 unspecified atom stereocenters. The van der Waals surface area contributed by atoms with E-state index < -0.39 is 0 Å². The number of amides is 1. The Morgan fingerprint density at radius 2 is 1.79 bits per heavy atom. The molecule has 2 aromatic rings. The standard InChI is InChI=1S/C20H27N3O/c1-14-15(2)21-19-8-7-16(13-18(14)19)20(24)23-11-9-22(10-12-23)17-5-3-4-6-17/h7-8,13,17,21H,3-6,9-12H2,1-2H3. The van der Waals surface area contributed by atoms with Gasteiger partial charge in [0.25, 0.3) is 5.91 Å². The number of nitrogens with zero attached hydrogens (tertiary/aromatic N) is 2. The zero-order chi connectivity index (χ0) is 16.7. The summed E-state index contributed by atoms with van der Waals surface area (Å²) in [6.45, 7) is 7.97. The average molecular weight is 325 g/mol. The van der Waals surface area contributed by atoms with Crippen LogP contribution in [-0.4, -0.2) is 52.9 Å². The Morgan fingerprint density at radius 1 is 1.08 bits per heavy atom. The number of aromatic nitrogens is 1. The minimum atomic E-state index is 0.182. The van der Waals surface area contributed by atoms with Crippen molar-refractivity contribution in [3.63, 3.8) is 0 Å². The van der Waals surface area contributed by atoms with E-state index in [9.17, 15) is 4.79 Å². The SMILES string of the molecule is Cc1[nH]c2ccc(C(=O)N3CCN(C4CCCC4)CC3)cc2c1C. The van der Waals surface area contributed by atoms with Crippen molar-refractivity contribution in [1.29, 1.82) is 0 Å². The Balaban J connectivity index is 1.47. The highest BCUT2D eigenvalue weighted by Gasteiger charge is 2.28. The number of rotatable bonds is 2. The van der Waals surface area contributed by atoms with Gasteiger partial charge in [-0.1, -0.05) is 12.8 Å². The van der Waals surface area contributed by atoms with Gasteiger partial charge in [-0.25, -0.2) is 0 Å². The largest absolute Gasteiger partial charge is 0.358 e. The van der Waals surface area contributed by atoms with Gasteiger partial charge in [0.05, 0.1) is 0 Å². The quantitative estimate of drug-likeness (QED) is 0.918. The lowest BCUT2D eigenvalue weighted by Gasteiger charge is -2.38. The zero-order valence-corrected chi connectivity index (χ0v) is 14.8. The third kappa shape index (κ3) is 2.73. The lowest BCUT2D eigenvalue weighted by Crippen LogP contribution is -2.51. The van der Waals surface area contributed by atoms with Crippen molar-refractivity contribution in [2.45, 2.75) is 45.6 Å². The maximum absolute atomic E-state index is 12.9. The lowest BCUT2D eigenvalue weighted by molar-refractivity contribution is 0.0573. The fraction of sp³-hybridized carbons (Fsp3) is 0.550. The van der Waals surface area contributed by atoms with Crippen LogP contribution < -0.4 is 0 Å². The average Bonchev–Trinajstić information content (AvgIpc) is 3.24. The molecule has 1 saturated heterocycles. The minimum absolute atomic E-state index is 0.182. The normalized spacial score (nSPS) is 20.2. The van der Waals surface area contributed by atoms with Crippen LogP contribution in [-0.2, 0) is 0 Å². The number of fused-ring (bicyclic) bond motifs is 1. The number of benzene rings is 1. The molecule has 0 radical (unpaired) electrons. The predicted molar refractivity (Wildman–Crippen MR) is 97.5 cm³/mol. The van der Waals surface area contributed by atoms with Gasteiger partial charge in [-0.05, 0) is 50.5 Å². The van der Waals surface area contributed by atoms with Gasteiger partial charge in [-0.2, -0.15) is 0 Å². The number of carbonyl (C=O) groups is 1. The molecule has 1 aromatic carbocycles. The monoisotopic (exact) mass is 325 g/mol. The van der Waals surface area contributed by atoms with Gasteiger partial charge in [0, 0.05) is 54.4 Å². The number of carbonyl (C=O) groups excluding carboxylic acids is 1. The van der Waals surface area contributed by atoms with Crippen LogP contribution in [0.3, 0.4) is 0 Å². The van der Waals surface area contributed by atoms with Crippen molar-refractivity contribution in [1.82, 2.24) is 14.8 Å². The number of piperazine rings is 1. The van der Waals surface area contributed by atoms with Crippen LogP contribution in [0.2, 0.25) is 0 Å². The van der Waals surface area contributed by atoms with Crippen LogP contribution in [0.15, 0.2) is 18.2 Å². The Hall–Kier alpha value is -1.81. The number of aromatic amines is 1. The Labute approximate surface area is 143 Å². The first-order chi connectivity index (χ1) is 11.6. The summed E-state index contributed by atoms with van der Waals surface area (Å²) in [6.07, 6.45) is 5.44. The molecule has 0 atom stereocenters. The van der Waals surface area contributed by atoms with Crippen LogP contribution in [0, 0.1) is 13.8 Å². The Bertz CT molecular complexity index is 750. The molecule has 2 aliphatic rings. The molecule has 128 valence electrons. The Kier molecular flexibility index (Phi) is 4.09. The second kappa shape index (κ2) is 6.25. The van der Waals surface area contributed by atoms with Crippen molar-refractivity contribution < 1.29 is 4.79 Å². The topological polar surface area (TPSA) is 39.3 Å². The molecule has 4 rings (SSSR count). The summed E-state index contributed by atoms with van der Waals surface area (Å²) >= 11 is 0. The van der Waals surface area contributed by atoms with Gasteiger partial charge in [0.1, 0.15) is 0 Å². The molecule has 1 aliphatic carbocycles. The highest BCUT2D eigenvalue weighted by atomic mass is 16.2. The van der Waals surface area contributed by atoms with E-state index in [1.807, 2.05) is 17.0 Å². The summed E-state index contributed by atoms with van der Waals surface area (Å²) in [5.41, 5.74) is 4.36. The molecule has 1 N–H and O–H groups in total. The molecule has 1 amide bonds. The van der Waals surface area contributed by atoms with Crippen molar-refractivity contribution in [3.8, 4) is 0 Å². The summed E-state index contributed by atoms with van der Waals surface area (Å²) in [5, 5.41) is 1.17. The highest BCUT2D eigenvalue weighted by molar-refractivity contribution is 5.99. The second-order valence-corrected chi connectivity index (χ2v) is 7.40. The zero-order valence-electron chi connectivity index (χ0n) is 14.8. The summed E-state index contributed by atoms with van der Waals surface area (Å²) in [5.74, 6) is 0.182. The number of hydrogen-bond acceptors (Lipinski definition) is 2. The van der Waals surface area contributed by atoms with Crippen LogP contribution in [0.25, 0.3) is 10.9 Å². The maximum Gasteiger partial charge on any atom is 0.253 e.